The first kappa shape index (κ1) is 24.7. The summed E-state index contributed by atoms with van der Waals surface area (Å²) >= 11 is 0. The van der Waals surface area contributed by atoms with Crippen LogP contribution in [0.3, 0.4) is 0 Å². The summed E-state index contributed by atoms with van der Waals surface area (Å²) in [5.41, 5.74) is 0.616. The molecule has 10 heteroatoms. The third-order valence-electron chi connectivity index (χ3n) is 6.56. The number of halogens is 1. The van der Waals surface area contributed by atoms with Crippen LogP contribution in [0.15, 0.2) is 18.6 Å². The summed E-state index contributed by atoms with van der Waals surface area (Å²) in [7, 11) is 1.72. The zero-order valence-corrected chi connectivity index (χ0v) is 20.1. The fraction of sp³-hybridized carbons (Fsp3) is 0.667. The lowest BCUT2D eigenvalue weighted by atomic mass is 9.91. The van der Waals surface area contributed by atoms with Crippen LogP contribution in [0.4, 0.5) is 16.2 Å². The first-order valence-electron chi connectivity index (χ1n) is 12.3. The Morgan fingerprint density at radius 3 is 2.62 bits per heavy atom. The van der Waals surface area contributed by atoms with E-state index in [4.69, 9.17) is 9.47 Å². The maximum absolute atomic E-state index is 14.6. The van der Waals surface area contributed by atoms with Crippen LogP contribution in [-0.4, -0.2) is 71.5 Å². The van der Waals surface area contributed by atoms with Crippen LogP contribution in [-0.2, 0) is 9.47 Å². The molecule has 2 aliphatic rings. The molecule has 0 bridgehead atoms. The van der Waals surface area contributed by atoms with Gasteiger partial charge in [0.25, 0.3) is 0 Å². The van der Waals surface area contributed by atoms with E-state index in [0.717, 1.165) is 58.3 Å². The molecule has 0 amide bonds. The summed E-state index contributed by atoms with van der Waals surface area (Å²) in [6.45, 7) is 5.25. The zero-order valence-electron chi connectivity index (χ0n) is 20.1. The van der Waals surface area contributed by atoms with E-state index in [0.29, 0.717) is 42.1 Å². The molecule has 1 aliphatic carbocycles. The van der Waals surface area contributed by atoms with Gasteiger partial charge >= 0.3 is 0 Å². The van der Waals surface area contributed by atoms with Crippen molar-refractivity contribution in [3.63, 3.8) is 0 Å². The zero-order chi connectivity index (χ0) is 23.8. The van der Waals surface area contributed by atoms with Crippen LogP contribution in [0.2, 0.25) is 0 Å². The van der Waals surface area contributed by atoms with Crippen molar-refractivity contribution >= 4 is 11.8 Å². The van der Waals surface area contributed by atoms with E-state index in [9.17, 15) is 4.39 Å². The van der Waals surface area contributed by atoms with Crippen molar-refractivity contribution in [1.29, 1.82) is 0 Å². The van der Waals surface area contributed by atoms with Crippen molar-refractivity contribution in [2.75, 3.05) is 44.1 Å². The number of methoxy groups -OCH3 is 1. The molecule has 2 aromatic heterocycles. The van der Waals surface area contributed by atoms with Crippen LogP contribution >= 0.6 is 0 Å². The molecule has 1 aliphatic heterocycles. The summed E-state index contributed by atoms with van der Waals surface area (Å²) in [6.07, 6.45) is 8.84. The summed E-state index contributed by atoms with van der Waals surface area (Å²) in [5, 5.41) is 10.4. The molecule has 0 spiro atoms. The molecule has 1 saturated carbocycles. The Labute approximate surface area is 200 Å². The SMILES string of the molecule is COC[C@@H](C)NC1CCC(Nc2ncc(F)c(-c3cc(NCC4CCOCC4)ncn3)n2)CC1. The molecule has 9 nitrogen and oxygen atoms in total. The molecular formula is C24H36FN7O2. The molecule has 186 valence electrons. The topological polar surface area (TPSA) is 106 Å². The Kier molecular flexibility index (Phi) is 8.95. The number of aromatic nitrogens is 4. The van der Waals surface area contributed by atoms with Gasteiger partial charge in [0.1, 0.15) is 17.8 Å². The fourth-order valence-electron chi connectivity index (χ4n) is 4.69. The molecule has 0 radical (unpaired) electrons. The number of ether oxygens (including phenoxy) is 2. The van der Waals surface area contributed by atoms with E-state index in [1.165, 1.54) is 12.5 Å². The third-order valence-corrected chi connectivity index (χ3v) is 6.56. The highest BCUT2D eigenvalue weighted by Gasteiger charge is 2.23. The minimum atomic E-state index is -0.500. The van der Waals surface area contributed by atoms with E-state index in [1.807, 2.05) is 0 Å². The quantitative estimate of drug-likeness (QED) is 0.479. The first-order valence-corrected chi connectivity index (χ1v) is 12.3. The molecule has 3 N–H and O–H groups in total. The molecule has 1 saturated heterocycles. The number of nitrogens with zero attached hydrogens (tertiary/aromatic N) is 4. The van der Waals surface area contributed by atoms with Crippen molar-refractivity contribution in [3.8, 4) is 11.4 Å². The third kappa shape index (κ3) is 7.04. The van der Waals surface area contributed by atoms with Gasteiger partial charge in [0.15, 0.2) is 5.82 Å². The Balaban J connectivity index is 1.34. The maximum atomic E-state index is 14.6. The van der Waals surface area contributed by atoms with E-state index >= 15 is 0 Å². The van der Waals surface area contributed by atoms with Gasteiger partial charge in [-0.15, -0.1) is 0 Å². The largest absolute Gasteiger partial charge is 0.383 e. The average molecular weight is 474 g/mol. The van der Waals surface area contributed by atoms with E-state index in [1.54, 1.807) is 13.2 Å². The molecular weight excluding hydrogens is 437 g/mol. The highest BCUT2D eigenvalue weighted by Crippen LogP contribution is 2.25. The van der Waals surface area contributed by atoms with Crippen molar-refractivity contribution in [3.05, 3.63) is 24.4 Å². The van der Waals surface area contributed by atoms with Gasteiger partial charge in [0.05, 0.1) is 18.5 Å². The van der Waals surface area contributed by atoms with E-state index in [-0.39, 0.29) is 11.7 Å². The molecule has 4 rings (SSSR count). The summed E-state index contributed by atoms with van der Waals surface area (Å²) in [5.74, 6) is 1.14. The van der Waals surface area contributed by atoms with Crippen LogP contribution in [0.5, 0.6) is 0 Å². The Hall–Kier alpha value is -2.43. The molecule has 2 fully saturated rings. The second-order valence-corrected chi connectivity index (χ2v) is 9.33. The number of nitrogens with one attached hydrogen (secondary N) is 3. The molecule has 0 aromatic carbocycles. The summed E-state index contributed by atoms with van der Waals surface area (Å²) in [6, 6.07) is 2.83. The van der Waals surface area contributed by atoms with Crippen LogP contribution < -0.4 is 16.0 Å². The standard InChI is InChI=1S/C24H36FN7O2/c1-16(14-33-2)30-18-3-5-19(6-4-18)31-24-27-13-20(25)23(32-24)21-11-22(29-15-28-21)26-12-17-7-9-34-10-8-17/h11,13,15-19,30H,3-10,12,14H2,1-2H3,(H,26,28,29)(H,27,31,32)/t16-,18?,19?/m1/s1. The van der Waals surface area contributed by atoms with Crippen LogP contribution in [0.1, 0.15) is 45.4 Å². The first-order chi connectivity index (χ1) is 16.6. The number of anilines is 2. The molecule has 1 atom stereocenters. The second-order valence-electron chi connectivity index (χ2n) is 9.33. The highest BCUT2D eigenvalue weighted by atomic mass is 19.1. The Morgan fingerprint density at radius 2 is 1.85 bits per heavy atom. The second kappa shape index (κ2) is 12.3. The van der Waals surface area contributed by atoms with E-state index < -0.39 is 5.82 Å². The minimum absolute atomic E-state index is 0.178. The predicted octanol–water partition coefficient (Wildman–Crippen LogP) is 3.26. The lowest BCUT2D eigenvalue weighted by molar-refractivity contribution is 0.0699. The van der Waals surface area contributed by atoms with Crippen molar-refractivity contribution in [2.45, 2.75) is 63.6 Å². The predicted molar refractivity (Wildman–Crippen MR) is 129 cm³/mol. The van der Waals surface area contributed by atoms with Gasteiger partial charge in [0, 0.05) is 51.1 Å². The van der Waals surface area contributed by atoms with Crippen LogP contribution in [0.25, 0.3) is 11.4 Å². The van der Waals surface area contributed by atoms with E-state index in [2.05, 4.69) is 42.8 Å². The van der Waals surface area contributed by atoms with Gasteiger partial charge in [-0.1, -0.05) is 0 Å². The lowest BCUT2D eigenvalue weighted by Gasteiger charge is -2.31. The maximum Gasteiger partial charge on any atom is 0.223 e. The lowest BCUT2D eigenvalue weighted by Crippen LogP contribution is -2.43. The Bertz CT molecular complexity index is 905. The summed E-state index contributed by atoms with van der Waals surface area (Å²) < 4.78 is 25.2. The van der Waals surface area contributed by atoms with Crippen LogP contribution in [0, 0.1) is 11.7 Å². The smallest absolute Gasteiger partial charge is 0.223 e. The number of hydrogen-bond donors (Lipinski definition) is 3. The monoisotopic (exact) mass is 473 g/mol. The van der Waals surface area contributed by atoms with Gasteiger partial charge in [-0.3, -0.25) is 0 Å². The fourth-order valence-corrected chi connectivity index (χ4v) is 4.69. The van der Waals surface area contributed by atoms with Gasteiger partial charge in [-0.05, 0) is 51.4 Å². The van der Waals surface area contributed by atoms with Gasteiger partial charge in [-0.2, -0.15) is 0 Å². The number of hydrogen-bond acceptors (Lipinski definition) is 9. The molecule has 34 heavy (non-hydrogen) atoms. The van der Waals surface area contributed by atoms with Crippen molar-refractivity contribution in [1.82, 2.24) is 25.3 Å². The highest BCUT2D eigenvalue weighted by molar-refractivity contribution is 5.59. The molecule has 2 aromatic rings. The van der Waals surface area contributed by atoms with Gasteiger partial charge in [-0.25, -0.2) is 24.3 Å². The van der Waals surface area contributed by atoms with Crippen molar-refractivity contribution in [2.24, 2.45) is 5.92 Å². The van der Waals surface area contributed by atoms with Gasteiger partial charge in [0.2, 0.25) is 5.95 Å². The Morgan fingerprint density at radius 1 is 1.09 bits per heavy atom. The average Bonchev–Trinajstić information content (AvgIpc) is 2.86. The minimum Gasteiger partial charge on any atom is -0.383 e. The molecule has 3 heterocycles. The number of rotatable bonds is 10. The van der Waals surface area contributed by atoms with Gasteiger partial charge < -0.3 is 25.4 Å². The summed E-state index contributed by atoms with van der Waals surface area (Å²) in [4.78, 5) is 17.2. The normalized spacial score (nSPS) is 22.3. The van der Waals surface area contributed by atoms with Crippen molar-refractivity contribution < 1.29 is 13.9 Å². The molecule has 0 unspecified atom stereocenters.